The van der Waals surface area contributed by atoms with Crippen LogP contribution >= 0.6 is 0 Å². The molecule has 0 radical (unpaired) electrons. The molecular weight excluding hydrogens is 391 g/mol. The summed E-state index contributed by atoms with van der Waals surface area (Å²) >= 11 is 0. The van der Waals surface area contributed by atoms with Crippen LogP contribution in [0.15, 0.2) is 36.4 Å². The largest absolute Gasteiger partial charge is 0.492 e. The zero-order valence-electron chi connectivity index (χ0n) is 17.3. The van der Waals surface area contributed by atoms with E-state index in [0.29, 0.717) is 49.4 Å². The first-order valence-corrected chi connectivity index (χ1v) is 10.0. The molecule has 162 valence electrons. The zero-order chi connectivity index (χ0) is 21.3. The number of hydrogen-bond donors (Lipinski definition) is 1. The van der Waals surface area contributed by atoms with Crippen molar-refractivity contribution in [2.75, 3.05) is 56.3 Å². The molecule has 1 heterocycles. The Morgan fingerprint density at radius 3 is 2.37 bits per heavy atom. The van der Waals surface area contributed by atoms with E-state index in [9.17, 15) is 9.18 Å². The average Bonchev–Trinajstić information content (AvgIpc) is 2.76. The summed E-state index contributed by atoms with van der Waals surface area (Å²) in [6, 6.07) is 9.15. The molecule has 2 aromatic rings. The molecule has 0 bridgehead atoms. The second kappa shape index (κ2) is 10.7. The van der Waals surface area contributed by atoms with Crippen molar-refractivity contribution < 1.29 is 28.1 Å². The van der Waals surface area contributed by atoms with Crippen molar-refractivity contribution in [1.82, 2.24) is 0 Å². The first-order chi connectivity index (χ1) is 14.6. The van der Waals surface area contributed by atoms with Gasteiger partial charge in [0.15, 0.2) is 6.61 Å². The minimum atomic E-state index is -0.364. The number of amides is 1. The number of nitrogens with one attached hydrogen (secondary N) is 1. The van der Waals surface area contributed by atoms with Crippen LogP contribution in [-0.2, 0) is 9.53 Å². The van der Waals surface area contributed by atoms with E-state index in [1.807, 2.05) is 19.9 Å². The van der Waals surface area contributed by atoms with Gasteiger partial charge in [-0.25, -0.2) is 4.39 Å². The number of hydrogen-bond acceptors (Lipinski definition) is 6. The van der Waals surface area contributed by atoms with Crippen molar-refractivity contribution in [3.8, 4) is 17.2 Å². The normalized spacial score (nSPS) is 13.6. The number of morpholine rings is 1. The molecule has 1 aliphatic heterocycles. The molecule has 1 amide bonds. The van der Waals surface area contributed by atoms with Crippen molar-refractivity contribution >= 4 is 17.3 Å². The molecule has 3 rings (SSSR count). The van der Waals surface area contributed by atoms with Crippen LogP contribution in [0.1, 0.15) is 13.8 Å². The van der Waals surface area contributed by atoms with Crippen molar-refractivity contribution in [3.63, 3.8) is 0 Å². The molecule has 1 saturated heterocycles. The summed E-state index contributed by atoms with van der Waals surface area (Å²) in [5.74, 6) is 0.906. The zero-order valence-corrected chi connectivity index (χ0v) is 17.3. The Kier molecular flexibility index (Phi) is 7.73. The molecule has 0 aromatic heterocycles. The van der Waals surface area contributed by atoms with E-state index in [1.54, 1.807) is 6.07 Å². The van der Waals surface area contributed by atoms with Gasteiger partial charge >= 0.3 is 0 Å². The van der Waals surface area contributed by atoms with E-state index in [2.05, 4.69) is 10.2 Å². The highest BCUT2D eigenvalue weighted by Gasteiger charge is 2.20. The van der Waals surface area contributed by atoms with Gasteiger partial charge in [0.1, 0.15) is 23.1 Å². The summed E-state index contributed by atoms with van der Waals surface area (Å²) in [6.07, 6.45) is 0. The van der Waals surface area contributed by atoms with Gasteiger partial charge in [0.2, 0.25) is 0 Å². The predicted molar refractivity (Wildman–Crippen MR) is 112 cm³/mol. The van der Waals surface area contributed by atoms with Crippen LogP contribution in [0.3, 0.4) is 0 Å². The fourth-order valence-corrected chi connectivity index (χ4v) is 3.11. The molecule has 8 heteroatoms. The Labute approximate surface area is 175 Å². The van der Waals surface area contributed by atoms with Crippen LogP contribution in [0.25, 0.3) is 0 Å². The second-order valence-electron chi connectivity index (χ2n) is 6.57. The molecule has 1 N–H and O–H groups in total. The lowest BCUT2D eigenvalue weighted by Gasteiger charge is -2.31. The third kappa shape index (κ3) is 5.76. The molecule has 1 fully saturated rings. The fourth-order valence-electron chi connectivity index (χ4n) is 3.11. The summed E-state index contributed by atoms with van der Waals surface area (Å²) in [5.41, 5.74) is 1.41. The summed E-state index contributed by atoms with van der Waals surface area (Å²) < 4.78 is 35.4. The molecule has 30 heavy (non-hydrogen) atoms. The van der Waals surface area contributed by atoms with E-state index in [-0.39, 0.29) is 18.3 Å². The van der Waals surface area contributed by atoms with Crippen LogP contribution in [0.5, 0.6) is 17.2 Å². The molecule has 0 spiro atoms. The molecule has 0 saturated carbocycles. The molecule has 0 aliphatic carbocycles. The minimum Gasteiger partial charge on any atom is -0.492 e. The van der Waals surface area contributed by atoms with Gasteiger partial charge in [-0.05, 0) is 38.1 Å². The first kappa shape index (κ1) is 21.7. The van der Waals surface area contributed by atoms with Gasteiger partial charge in [-0.15, -0.1) is 0 Å². The number of rotatable bonds is 9. The molecular formula is C22H27FN2O5. The van der Waals surface area contributed by atoms with E-state index >= 15 is 0 Å². The Hall–Kier alpha value is -3.00. The van der Waals surface area contributed by atoms with Gasteiger partial charge < -0.3 is 29.2 Å². The molecule has 0 unspecified atom stereocenters. The third-order valence-corrected chi connectivity index (χ3v) is 4.47. The van der Waals surface area contributed by atoms with Crippen LogP contribution in [0.4, 0.5) is 15.8 Å². The lowest BCUT2D eigenvalue weighted by Crippen LogP contribution is -2.36. The van der Waals surface area contributed by atoms with E-state index in [0.717, 1.165) is 18.8 Å². The SMILES string of the molecule is CCOc1cc(N2CCOCC2)c(OCC)cc1NC(=O)COc1ccc(F)cc1. The maximum Gasteiger partial charge on any atom is 0.262 e. The van der Waals surface area contributed by atoms with Gasteiger partial charge in [-0.2, -0.15) is 0 Å². The van der Waals surface area contributed by atoms with Crippen molar-refractivity contribution in [2.45, 2.75) is 13.8 Å². The second-order valence-corrected chi connectivity index (χ2v) is 6.57. The summed E-state index contributed by atoms with van der Waals surface area (Å²) in [5, 5.41) is 2.82. The molecule has 2 aromatic carbocycles. The van der Waals surface area contributed by atoms with E-state index in [1.165, 1.54) is 24.3 Å². The number of benzene rings is 2. The summed E-state index contributed by atoms with van der Waals surface area (Å²) in [4.78, 5) is 14.6. The minimum absolute atomic E-state index is 0.216. The average molecular weight is 418 g/mol. The quantitative estimate of drug-likeness (QED) is 0.673. The number of halogens is 1. The standard InChI is InChI=1S/C22H27FN2O5/c1-3-28-20-14-19(25-9-11-27-12-10-25)21(29-4-2)13-18(20)24-22(26)15-30-17-7-5-16(23)6-8-17/h5-8,13-14H,3-4,9-12,15H2,1-2H3,(H,24,26). The number of ether oxygens (including phenoxy) is 4. The highest BCUT2D eigenvalue weighted by atomic mass is 19.1. The number of carbonyl (C=O) groups excluding carboxylic acids is 1. The fraction of sp³-hybridized carbons (Fsp3) is 0.409. The highest BCUT2D eigenvalue weighted by Crippen LogP contribution is 2.39. The van der Waals surface area contributed by atoms with Crippen molar-refractivity contribution in [2.24, 2.45) is 0 Å². The highest BCUT2D eigenvalue weighted by molar-refractivity contribution is 5.94. The van der Waals surface area contributed by atoms with Crippen LogP contribution in [0.2, 0.25) is 0 Å². The Bertz CT molecular complexity index is 838. The van der Waals surface area contributed by atoms with Gasteiger partial charge in [0, 0.05) is 25.2 Å². The van der Waals surface area contributed by atoms with Crippen molar-refractivity contribution in [3.05, 3.63) is 42.2 Å². The van der Waals surface area contributed by atoms with Crippen LogP contribution < -0.4 is 24.4 Å². The van der Waals surface area contributed by atoms with Gasteiger partial charge in [0.25, 0.3) is 5.91 Å². The monoisotopic (exact) mass is 418 g/mol. The van der Waals surface area contributed by atoms with Gasteiger partial charge in [0.05, 0.1) is 37.8 Å². The van der Waals surface area contributed by atoms with Gasteiger partial charge in [-0.3, -0.25) is 4.79 Å². The first-order valence-electron chi connectivity index (χ1n) is 10.0. The Morgan fingerprint density at radius 1 is 1.03 bits per heavy atom. The van der Waals surface area contributed by atoms with E-state index < -0.39 is 0 Å². The summed E-state index contributed by atoms with van der Waals surface area (Å²) in [6.45, 7) is 7.32. The molecule has 1 aliphatic rings. The maximum absolute atomic E-state index is 13.0. The topological polar surface area (TPSA) is 69.3 Å². The number of carbonyl (C=O) groups is 1. The van der Waals surface area contributed by atoms with E-state index in [4.69, 9.17) is 18.9 Å². The van der Waals surface area contributed by atoms with Crippen LogP contribution in [0, 0.1) is 5.82 Å². The third-order valence-electron chi connectivity index (χ3n) is 4.47. The van der Waals surface area contributed by atoms with Crippen molar-refractivity contribution in [1.29, 1.82) is 0 Å². The van der Waals surface area contributed by atoms with Crippen LogP contribution in [-0.4, -0.2) is 52.0 Å². The number of nitrogens with zero attached hydrogens (tertiary/aromatic N) is 1. The molecule has 7 nitrogen and oxygen atoms in total. The lowest BCUT2D eigenvalue weighted by atomic mass is 10.2. The lowest BCUT2D eigenvalue weighted by molar-refractivity contribution is -0.118. The predicted octanol–water partition coefficient (Wildman–Crippen LogP) is 3.48. The summed E-state index contributed by atoms with van der Waals surface area (Å²) in [7, 11) is 0. The number of anilines is 2. The smallest absolute Gasteiger partial charge is 0.262 e. The van der Waals surface area contributed by atoms with Gasteiger partial charge in [-0.1, -0.05) is 0 Å². The molecule has 0 atom stereocenters. The Morgan fingerprint density at radius 2 is 1.70 bits per heavy atom. The maximum atomic E-state index is 13.0. The Balaban J connectivity index is 1.76.